The van der Waals surface area contributed by atoms with Crippen LogP contribution in [-0.4, -0.2) is 11.0 Å². The third kappa shape index (κ3) is 4.80. The smallest absolute Gasteiger partial charge is 0.143 e. The monoisotopic (exact) mass is 360 g/mol. The first-order valence-electron chi connectivity index (χ1n) is 8.63. The molecule has 3 nitrogen and oxygen atoms in total. The van der Waals surface area contributed by atoms with Crippen molar-refractivity contribution in [1.82, 2.24) is 5.48 Å². The highest BCUT2D eigenvalue weighted by atomic mass is 35.5. The second-order valence-corrected chi connectivity index (χ2v) is 7.01. The van der Waals surface area contributed by atoms with Gasteiger partial charge in [-0.15, -0.1) is 0 Å². The molecule has 0 heterocycles. The summed E-state index contributed by atoms with van der Waals surface area (Å²) < 4.78 is 13.5. The van der Waals surface area contributed by atoms with Crippen molar-refractivity contribution in [3.05, 3.63) is 64.9 Å². The van der Waals surface area contributed by atoms with Crippen LogP contribution < -0.4 is 5.48 Å². The van der Waals surface area contributed by atoms with E-state index in [-0.39, 0.29) is 5.02 Å². The van der Waals surface area contributed by atoms with E-state index in [0.29, 0.717) is 29.8 Å². The van der Waals surface area contributed by atoms with Crippen molar-refractivity contribution in [1.29, 1.82) is 0 Å². The number of benzene rings is 2. The fourth-order valence-corrected chi connectivity index (χ4v) is 3.64. The molecule has 25 heavy (non-hydrogen) atoms. The van der Waals surface area contributed by atoms with Crippen molar-refractivity contribution in [2.75, 3.05) is 0 Å². The average molecular weight is 361 g/mol. The Morgan fingerprint density at radius 1 is 1.12 bits per heavy atom. The van der Waals surface area contributed by atoms with E-state index < -0.39 is 5.82 Å². The van der Waals surface area contributed by atoms with Crippen LogP contribution in [0.2, 0.25) is 5.02 Å². The molecule has 1 aliphatic carbocycles. The maximum absolute atomic E-state index is 13.5. The van der Waals surface area contributed by atoms with Crippen LogP contribution in [0.15, 0.2) is 53.5 Å². The molecule has 0 unspecified atom stereocenters. The minimum atomic E-state index is -0.511. The molecule has 2 N–H and O–H groups in total. The van der Waals surface area contributed by atoms with E-state index in [0.717, 1.165) is 25.7 Å². The Labute approximate surface area is 152 Å². The van der Waals surface area contributed by atoms with E-state index in [1.807, 2.05) is 6.07 Å². The topological polar surface area (TPSA) is 44.6 Å². The number of amidine groups is 1. The molecule has 0 spiro atoms. The number of hydrogen-bond donors (Lipinski definition) is 2. The van der Waals surface area contributed by atoms with E-state index >= 15 is 0 Å². The highest BCUT2D eigenvalue weighted by Gasteiger charge is 2.23. The third-order valence-corrected chi connectivity index (χ3v) is 5.20. The fraction of sp³-hybridized carbons (Fsp3) is 0.350. The lowest BCUT2D eigenvalue weighted by atomic mass is 9.77. The maximum Gasteiger partial charge on any atom is 0.143 e. The highest BCUT2D eigenvalue weighted by Crippen LogP contribution is 2.37. The highest BCUT2D eigenvalue weighted by molar-refractivity contribution is 6.30. The predicted octanol–water partition coefficient (Wildman–Crippen LogP) is 5.85. The molecule has 5 heteroatoms. The minimum Gasteiger partial charge on any atom is -0.290 e. The summed E-state index contributed by atoms with van der Waals surface area (Å²) in [6, 6.07) is 15.0. The Morgan fingerprint density at radius 3 is 2.48 bits per heavy atom. The van der Waals surface area contributed by atoms with Gasteiger partial charge in [0.2, 0.25) is 0 Å². The largest absolute Gasteiger partial charge is 0.290 e. The molecule has 2 aromatic rings. The molecule has 1 fully saturated rings. The van der Waals surface area contributed by atoms with Crippen molar-refractivity contribution < 1.29 is 9.60 Å². The number of aliphatic imine (C=N–C) groups is 1. The SMILES string of the molecule is ONC(CC1CCC(c2ccccc2)CC1)=Nc1ccc(Cl)c(F)c1. The van der Waals surface area contributed by atoms with Gasteiger partial charge in [0.05, 0.1) is 10.7 Å². The average Bonchev–Trinajstić information content (AvgIpc) is 2.65. The van der Waals surface area contributed by atoms with Crippen molar-refractivity contribution in [2.24, 2.45) is 10.9 Å². The number of hydroxylamine groups is 1. The lowest BCUT2D eigenvalue weighted by Gasteiger charge is -2.29. The molecule has 0 saturated heterocycles. The second kappa shape index (κ2) is 8.45. The van der Waals surface area contributed by atoms with Gasteiger partial charge in [0.15, 0.2) is 0 Å². The number of rotatable bonds is 4. The summed E-state index contributed by atoms with van der Waals surface area (Å²) in [5.74, 6) is 1.04. The van der Waals surface area contributed by atoms with Crippen LogP contribution in [0, 0.1) is 11.7 Å². The quantitative estimate of drug-likeness (QED) is 0.408. The molecule has 0 amide bonds. The van der Waals surface area contributed by atoms with E-state index in [1.165, 1.54) is 17.7 Å². The summed E-state index contributed by atoms with van der Waals surface area (Å²) in [7, 11) is 0. The molecule has 2 aromatic carbocycles. The van der Waals surface area contributed by atoms with Crippen molar-refractivity contribution in [2.45, 2.75) is 38.0 Å². The normalized spacial score (nSPS) is 21.2. The van der Waals surface area contributed by atoms with E-state index in [9.17, 15) is 9.60 Å². The predicted molar refractivity (Wildman–Crippen MR) is 99.2 cm³/mol. The molecule has 0 atom stereocenters. The van der Waals surface area contributed by atoms with E-state index in [2.05, 4.69) is 34.7 Å². The lowest BCUT2D eigenvalue weighted by Crippen LogP contribution is -2.24. The first-order valence-corrected chi connectivity index (χ1v) is 9.01. The zero-order valence-electron chi connectivity index (χ0n) is 14.0. The van der Waals surface area contributed by atoms with Crippen LogP contribution in [0.25, 0.3) is 0 Å². The molecule has 132 valence electrons. The van der Waals surface area contributed by atoms with E-state index in [4.69, 9.17) is 11.6 Å². The standard InChI is InChI=1S/C20H22ClFN2O/c21-18-11-10-17(13-19(18)22)23-20(24-25)12-14-6-8-16(9-7-14)15-4-2-1-3-5-15/h1-5,10-11,13-14,16,25H,6-9,12H2,(H,23,24). The number of nitrogens with zero attached hydrogens (tertiary/aromatic N) is 1. The van der Waals surface area contributed by atoms with Gasteiger partial charge in [-0.25, -0.2) is 9.38 Å². The fourth-order valence-electron chi connectivity index (χ4n) is 3.53. The van der Waals surface area contributed by atoms with Gasteiger partial charge < -0.3 is 0 Å². The molecule has 1 saturated carbocycles. The van der Waals surface area contributed by atoms with Gasteiger partial charge in [0, 0.05) is 12.5 Å². The van der Waals surface area contributed by atoms with Crippen LogP contribution in [0.5, 0.6) is 0 Å². The van der Waals surface area contributed by atoms with Gasteiger partial charge in [-0.1, -0.05) is 41.9 Å². The summed E-state index contributed by atoms with van der Waals surface area (Å²) >= 11 is 5.68. The number of hydrogen-bond acceptors (Lipinski definition) is 2. The van der Waals surface area contributed by atoms with Crippen LogP contribution in [0.3, 0.4) is 0 Å². The van der Waals surface area contributed by atoms with Gasteiger partial charge in [0.1, 0.15) is 11.7 Å². The Morgan fingerprint density at radius 2 is 1.84 bits per heavy atom. The van der Waals surface area contributed by atoms with Gasteiger partial charge in [-0.05, 0) is 55.2 Å². The van der Waals surface area contributed by atoms with E-state index in [1.54, 1.807) is 6.07 Å². The minimum absolute atomic E-state index is 0.0664. The molecular formula is C20H22ClFN2O. The second-order valence-electron chi connectivity index (χ2n) is 6.60. The van der Waals surface area contributed by atoms with Crippen LogP contribution in [0.1, 0.15) is 43.6 Å². The zero-order valence-corrected chi connectivity index (χ0v) is 14.7. The molecule has 1 aliphatic rings. The molecular weight excluding hydrogens is 339 g/mol. The van der Waals surface area contributed by atoms with Gasteiger partial charge in [0.25, 0.3) is 0 Å². The molecule has 3 rings (SSSR count). The lowest BCUT2D eigenvalue weighted by molar-refractivity contribution is 0.226. The third-order valence-electron chi connectivity index (χ3n) is 4.90. The van der Waals surface area contributed by atoms with Gasteiger partial charge in [-0.3, -0.25) is 10.7 Å². The Bertz CT molecular complexity index is 728. The number of halogens is 2. The summed E-state index contributed by atoms with van der Waals surface area (Å²) in [5, 5.41) is 9.44. The summed E-state index contributed by atoms with van der Waals surface area (Å²) in [6.45, 7) is 0. The zero-order chi connectivity index (χ0) is 17.6. The Balaban J connectivity index is 1.59. The van der Waals surface area contributed by atoms with Crippen LogP contribution in [-0.2, 0) is 0 Å². The van der Waals surface area contributed by atoms with Crippen molar-refractivity contribution in [3.63, 3.8) is 0 Å². The summed E-state index contributed by atoms with van der Waals surface area (Å²) in [5.41, 5.74) is 4.02. The van der Waals surface area contributed by atoms with Gasteiger partial charge in [-0.2, -0.15) is 0 Å². The van der Waals surface area contributed by atoms with Crippen LogP contribution >= 0.6 is 11.6 Å². The molecule has 0 aromatic heterocycles. The summed E-state index contributed by atoms with van der Waals surface area (Å²) in [4.78, 5) is 4.31. The maximum atomic E-state index is 13.5. The Hall–Kier alpha value is -1.91. The van der Waals surface area contributed by atoms with Crippen molar-refractivity contribution >= 4 is 23.1 Å². The van der Waals surface area contributed by atoms with Gasteiger partial charge >= 0.3 is 0 Å². The number of nitrogens with one attached hydrogen (secondary N) is 1. The van der Waals surface area contributed by atoms with Crippen molar-refractivity contribution in [3.8, 4) is 0 Å². The Kier molecular flexibility index (Phi) is 6.05. The first kappa shape index (κ1) is 17.9. The molecule has 0 bridgehead atoms. The molecule has 0 radical (unpaired) electrons. The first-order chi connectivity index (χ1) is 12.2. The molecule has 0 aliphatic heterocycles. The summed E-state index contributed by atoms with van der Waals surface area (Å²) in [6.07, 6.45) is 5.12. The van der Waals surface area contributed by atoms with Crippen LogP contribution in [0.4, 0.5) is 10.1 Å².